The maximum Gasteiger partial charge on any atom is 0.191 e. The van der Waals surface area contributed by atoms with E-state index in [4.69, 9.17) is 4.74 Å². The van der Waals surface area contributed by atoms with Gasteiger partial charge in [-0.1, -0.05) is 19.1 Å². The van der Waals surface area contributed by atoms with E-state index in [2.05, 4.69) is 49.4 Å². The molecule has 0 amide bonds. The normalized spacial score (nSPS) is 11.4. The molecule has 0 aliphatic heterocycles. The van der Waals surface area contributed by atoms with Gasteiger partial charge in [0.25, 0.3) is 0 Å². The molecule has 24 heavy (non-hydrogen) atoms. The highest BCUT2D eigenvalue weighted by atomic mass is 16.5. The number of rotatable bonds is 8. The number of nitrogens with one attached hydrogen (secondary N) is 2. The Balaban J connectivity index is 1.72. The van der Waals surface area contributed by atoms with Gasteiger partial charge >= 0.3 is 0 Å². The highest BCUT2D eigenvalue weighted by Gasteiger charge is 2.02. The molecule has 1 heterocycles. The second kappa shape index (κ2) is 9.54. The van der Waals surface area contributed by atoms with E-state index in [1.807, 2.05) is 12.1 Å². The Morgan fingerprint density at radius 3 is 2.88 bits per heavy atom. The summed E-state index contributed by atoms with van der Waals surface area (Å²) in [5.74, 6) is 2.68. The van der Waals surface area contributed by atoms with Gasteiger partial charge in [-0.05, 0) is 24.1 Å². The summed E-state index contributed by atoms with van der Waals surface area (Å²) >= 11 is 0. The van der Waals surface area contributed by atoms with Crippen LogP contribution in [0.15, 0.2) is 35.6 Å². The molecule has 1 aromatic heterocycles. The molecule has 0 atom stereocenters. The van der Waals surface area contributed by atoms with Crippen molar-refractivity contribution in [1.29, 1.82) is 0 Å². The van der Waals surface area contributed by atoms with E-state index in [1.165, 1.54) is 5.56 Å². The molecular formula is C17H26N6O. The zero-order valence-electron chi connectivity index (χ0n) is 14.6. The Morgan fingerprint density at radius 1 is 1.29 bits per heavy atom. The van der Waals surface area contributed by atoms with E-state index in [9.17, 15) is 0 Å². The summed E-state index contributed by atoms with van der Waals surface area (Å²) in [6.07, 6.45) is 3.55. The van der Waals surface area contributed by atoms with Crippen molar-refractivity contribution in [2.24, 2.45) is 4.99 Å². The highest BCUT2D eigenvalue weighted by Crippen LogP contribution is 2.12. The fourth-order valence-electron chi connectivity index (χ4n) is 2.41. The van der Waals surface area contributed by atoms with Crippen LogP contribution < -0.4 is 15.4 Å². The van der Waals surface area contributed by atoms with Gasteiger partial charge in [0, 0.05) is 33.1 Å². The quantitative estimate of drug-likeness (QED) is 0.563. The number of benzene rings is 1. The van der Waals surface area contributed by atoms with E-state index in [0.717, 1.165) is 50.0 Å². The van der Waals surface area contributed by atoms with Gasteiger partial charge in [-0.2, -0.15) is 0 Å². The molecule has 0 spiro atoms. The molecule has 0 saturated heterocycles. The van der Waals surface area contributed by atoms with Gasteiger partial charge in [0.1, 0.15) is 17.9 Å². The summed E-state index contributed by atoms with van der Waals surface area (Å²) in [5, 5.41) is 14.6. The summed E-state index contributed by atoms with van der Waals surface area (Å²) in [4.78, 5) is 4.24. The lowest BCUT2D eigenvalue weighted by Gasteiger charge is -2.13. The Kier molecular flexibility index (Phi) is 7.07. The summed E-state index contributed by atoms with van der Waals surface area (Å²) < 4.78 is 7.29. The van der Waals surface area contributed by atoms with Gasteiger partial charge in [0.2, 0.25) is 0 Å². The number of aryl methyl sites for hydroxylation is 1. The molecule has 7 heteroatoms. The van der Waals surface area contributed by atoms with Crippen molar-refractivity contribution in [3.05, 3.63) is 42.0 Å². The Hall–Kier alpha value is -2.57. The van der Waals surface area contributed by atoms with E-state index < -0.39 is 0 Å². The monoisotopic (exact) mass is 330 g/mol. The molecule has 2 aromatic rings. The van der Waals surface area contributed by atoms with Crippen molar-refractivity contribution in [2.45, 2.75) is 26.3 Å². The summed E-state index contributed by atoms with van der Waals surface area (Å²) in [7, 11) is 3.46. The van der Waals surface area contributed by atoms with Crippen molar-refractivity contribution < 1.29 is 4.74 Å². The molecule has 0 radical (unpaired) electrons. The van der Waals surface area contributed by atoms with E-state index in [0.29, 0.717) is 0 Å². The number of hydrogen-bond donors (Lipinski definition) is 2. The molecule has 0 saturated carbocycles. The van der Waals surface area contributed by atoms with Gasteiger partial charge in [0.05, 0.1) is 7.11 Å². The smallest absolute Gasteiger partial charge is 0.191 e. The molecule has 2 rings (SSSR count). The van der Waals surface area contributed by atoms with Crippen molar-refractivity contribution in [2.75, 3.05) is 27.2 Å². The first-order valence-corrected chi connectivity index (χ1v) is 8.21. The van der Waals surface area contributed by atoms with Gasteiger partial charge in [0.15, 0.2) is 5.96 Å². The van der Waals surface area contributed by atoms with Crippen molar-refractivity contribution in [3.63, 3.8) is 0 Å². The maximum atomic E-state index is 5.24. The number of nitrogens with zero attached hydrogens (tertiary/aromatic N) is 4. The zero-order valence-corrected chi connectivity index (χ0v) is 14.6. The Morgan fingerprint density at radius 2 is 2.12 bits per heavy atom. The average molecular weight is 330 g/mol. The lowest BCUT2D eigenvalue weighted by molar-refractivity contribution is 0.414. The maximum absolute atomic E-state index is 5.24. The minimum atomic E-state index is 0.768. The third-order valence-electron chi connectivity index (χ3n) is 3.72. The van der Waals surface area contributed by atoms with Crippen LogP contribution in [-0.2, 0) is 19.4 Å². The molecule has 2 N–H and O–H groups in total. The average Bonchev–Trinajstić information content (AvgIpc) is 3.08. The van der Waals surface area contributed by atoms with Crippen molar-refractivity contribution in [1.82, 2.24) is 25.4 Å². The first kappa shape index (κ1) is 17.8. The lowest BCUT2D eigenvalue weighted by atomic mass is 10.1. The molecule has 0 unspecified atom stereocenters. The first-order chi connectivity index (χ1) is 11.8. The Bertz CT molecular complexity index is 652. The van der Waals surface area contributed by atoms with Crippen LogP contribution in [0.25, 0.3) is 0 Å². The molecular weight excluding hydrogens is 304 g/mol. The third-order valence-corrected chi connectivity index (χ3v) is 3.72. The highest BCUT2D eigenvalue weighted by molar-refractivity contribution is 5.79. The van der Waals surface area contributed by atoms with E-state index in [1.54, 1.807) is 20.5 Å². The first-order valence-electron chi connectivity index (χ1n) is 8.21. The predicted octanol–water partition coefficient (Wildman–Crippen LogP) is 1.26. The van der Waals surface area contributed by atoms with Crippen LogP contribution in [0.5, 0.6) is 5.75 Å². The van der Waals surface area contributed by atoms with E-state index in [-0.39, 0.29) is 0 Å². The molecule has 130 valence electrons. The molecule has 0 aliphatic carbocycles. The molecule has 0 aliphatic rings. The lowest BCUT2D eigenvalue weighted by Crippen LogP contribution is -2.39. The standard InChI is InChI=1S/C17H26N6O/c1-4-16-22-21-13-23(16)11-10-20-17(18-2)19-9-8-14-6-5-7-15(12-14)24-3/h5-7,12-13H,4,8-11H2,1-3H3,(H2,18,19,20). The van der Waals surface area contributed by atoms with Crippen LogP contribution in [0.3, 0.4) is 0 Å². The minimum absolute atomic E-state index is 0.768. The fraction of sp³-hybridized carbons (Fsp3) is 0.471. The molecule has 7 nitrogen and oxygen atoms in total. The number of aromatic nitrogens is 3. The second-order valence-electron chi connectivity index (χ2n) is 5.32. The second-order valence-corrected chi connectivity index (χ2v) is 5.32. The van der Waals surface area contributed by atoms with Crippen LogP contribution in [0.1, 0.15) is 18.3 Å². The minimum Gasteiger partial charge on any atom is -0.497 e. The van der Waals surface area contributed by atoms with Crippen LogP contribution in [0.2, 0.25) is 0 Å². The third kappa shape index (κ3) is 5.26. The Labute approximate surface area is 143 Å². The van der Waals surface area contributed by atoms with Gasteiger partial charge in [-0.15, -0.1) is 10.2 Å². The van der Waals surface area contributed by atoms with E-state index >= 15 is 0 Å². The van der Waals surface area contributed by atoms with Crippen LogP contribution in [0, 0.1) is 0 Å². The topological polar surface area (TPSA) is 76.4 Å². The molecule has 0 fully saturated rings. The number of methoxy groups -OCH3 is 1. The number of aliphatic imine (C=N–C) groups is 1. The summed E-state index contributed by atoms with van der Waals surface area (Å²) in [5.41, 5.74) is 1.23. The van der Waals surface area contributed by atoms with Crippen LogP contribution in [-0.4, -0.2) is 48.0 Å². The summed E-state index contributed by atoms with van der Waals surface area (Å²) in [6, 6.07) is 8.10. The van der Waals surface area contributed by atoms with Crippen molar-refractivity contribution >= 4 is 5.96 Å². The van der Waals surface area contributed by atoms with Gasteiger partial charge < -0.3 is 19.9 Å². The zero-order chi connectivity index (χ0) is 17.2. The molecule has 0 bridgehead atoms. The van der Waals surface area contributed by atoms with Gasteiger partial charge in [-0.25, -0.2) is 0 Å². The molecule has 1 aromatic carbocycles. The van der Waals surface area contributed by atoms with Crippen molar-refractivity contribution in [3.8, 4) is 5.75 Å². The number of hydrogen-bond acceptors (Lipinski definition) is 4. The fourth-order valence-corrected chi connectivity index (χ4v) is 2.41. The predicted molar refractivity (Wildman–Crippen MR) is 95.5 cm³/mol. The number of ether oxygens (including phenoxy) is 1. The van der Waals surface area contributed by atoms with Gasteiger partial charge in [-0.3, -0.25) is 4.99 Å². The summed E-state index contributed by atoms with van der Waals surface area (Å²) in [6.45, 7) is 4.46. The largest absolute Gasteiger partial charge is 0.497 e. The SMILES string of the molecule is CCc1nncn1CCNC(=NC)NCCc1cccc(OC)c1. The van der Waals surface area contributed by atoms with Crippen LogP contribution >= 0.6 is 0 Å². The van der Waals surface area contributed by atoms with Crippen LogP contribution in [0.4, 0.5) is 0 Å². The number of guanidine groups is 1.